The predicted octanol–water partition coefficient (Wildman–Crippen LogP) is 2.05. The molecule has 124 valence electrons. The summed E-state index contributed by atoms with van der Waals surface area (Å²) in [6, 6.07) is 4.74. The first-order chi connectivity index (χ1) is 11.0. The van der Waals surface area contributed by atoms with E-state index in [0.717, 1.165) is 12.8 Å². The van der Waals surface area contributed by atoms with Crippen molar-refractivity contribution in [1.82, 2.24) is 10.2 Å². The Morgan fingerprint density at radius 2 is 1.91 bits per heavy atom. The van der Waals surface area contributed by atoms with Crippen LogP contribution in [-0.4, -0.2) is 46.9 Å². The van der Waals surface area contributed by atoms with E-state index in [4.69, 9.17) is 5.11 Å². The average Bonchev–Trinajstić information content (AvgIpc) is 2.53. The zero-order chi connectivity index (χ0) is 16.8. The fourth-order valence-electron chi connectivity index (χ4n) is 2.67. The molecule has 1 heterocycles. The van der Waals surface area contributed by atoms with Crippen LogP contribution in [0.1, 0.15) is 36.0 Å². The van der Waals surface area contributed by atoms with Crippen LogP contribution in [0.4, 0.5) is 9.18 Å². The number of amides is 2. The second-order valence-electron chi connectivity index (χ2n) is 5.54. The fourth-order valence-corrected chi connectivity index (χ4v) is 2.67. The first kappa shape index (κ1) is 16.9. The van der Waals surface area contributed by atoms with Crippen molar-refractivity contribution in [2.24, 2.45) is 0 Å². The van der Waals surface area contributed by atoms with Gasteiger partial charge in [0.25, 0.3) is 0 Å². The number of piperidine rings is 1. The highest BCUT2D eigenvalue weighted by atomic mass is 19.1. The first-order valence-electron chi connectivity index (χ1n) is 7.52. The molecule has 1 atom stereocenters. The van der Waals surface area contributed by atoms with Crippen LogP contribution in [0.3, 0.4) is 0 Å². The standard InChI is InChI=1S/C16H19FN2O4/c17-12-6-4-11(5-7-12)14(20)10-18-15(21)9-13-3-1-2-8-19(13)16(22)23/h4-7,13H,1-3,8-10H2,(H,18,21)(H,22,23)/t13-/m0/s1. The minimum atomic E-state index is -1.02. The topological polar surface area (TPSA) is 86.7 Å². The molecule has 2 N–H and O–H groups in total. The number of hydrogen-bond donors (Lipinski definition) is 2. The van der Waals surface area contributed by atoms with Gasteiger partial charge in [0.1, 0.15) is 5.82 Å². The number of likely N-dealkylation sites (tertiary alicyclic amines) is 1. The van der Waals surface area contributed by atoms with Crippen LogP contribution >= 0.6 is 0 Å². The smallest absolute Gasteiger partial charge is 0.407 e. The van der Waals surface area contributed by atoms with Gasteiger partial charge in [-0.3, -0.25) is 9.59 Å². The maximum absolute atomic E-state index is 12.8. The van der Waals surface area contributed by atoms with Gasteiger partial charge in [0.15, 0.2) is 5.78 Å². The number of nitrogens with zero attached hydrogens (tertiary/aromatic N) is 1. The zero-order valence-corrected chi connectivity index (χ0v) is 12.6. The molecule has 1 saturated heterocycles. The van der Waals surface area contributed by atoms with Gasteiger partial charge in [0, 0.05) is 24.6 Å². The average molecular weight is 322 g/mol. The summed E-state index contributed by atoms with van der Waals surface area (Å²) >= 11 is 0. The largest absolute Gasteiger partial charge is 0.465 e. The molecule has 0 aliphatic carbocycles. The van der Waals surface area contributed by atoms with Gasteiger partial charge in [0.05, 0.1) is 6.54 Å². The number of Topliss-reactive ketones (excluding diaryl/α,β-unsaturated/α-hetero) is 1. The maximum Gasteiger partial charge on any atom is 0.407 e. The quantitative estimate of drug-likeness (QED) is 0.812. The summed E-state index contributed by atoms with van der Waals surface area (Å²) in [4.78, 5) is 36.2. The van der Waals surface area contributed by atoms with E-state index >= 15 is 0 Å². The highest BCUT2D eigenvalue weighted by Crippen LogP contribution is 2.19. The van der Waals surface area contributed by atoms with Gasteiger partial charge in [-0.1, -0.05) is 0 Å². The molecule has 0 radical (unpaired) electrons. The van der Waals surface area contributed by atoms with Crippen LogP contribution in [0.2, 0.25) is 0 Å². The molecule has 0 spiro atoms. The lowest BCUT2D eigenvalue weighted by atomic mass is 9.99. The molecule has 7 heteroatoms. The Bertz CT molecular complexity index is 588. The van der Waals surface area contributed by atoms with Crippen LogP contribution in [0, 0.1) is 5.82 Å². The minimum absolute atomic E-state index is 0.0446. The van der Waals surface area contributed by atoms with Gasteiger partial charge in [-0.15, -0.1) is 0 Å². The lowest BCUT2D eigenvalue weighted by Gasteiger charge is -2.33. The molecule has 0 unspecified atom stereocenters. The van der Waals surface area contributed by atoms with Gasteiger partial charge in [0.2, 0.25) is 5.91 Å². The van der Waals surface area contributed by atoms with Crippen molar-refractivity contribution in [3.8, 4) is 0 Å². The first-order valence-corrected chi connectivity index (χ1v) is 7.52. The second kappa shape index (κ2) is 7.71. The van der Waals surface area contributed by atoms with Gasteiger partial charge in [-0.05, 0) is 43.5 Å². The van der Waals surface area contributed by atoms with Gasteiger partial charge < -0.3 is 15.3 Å². The van der Waals surface area contributed by atoms with Crippen LogP contribution in [0.25, 0.3) is 0 Å². The van der Waals surface area contributed by atoms with Crippen LogP contribution in [0.15, 0.2) is 24.3 Å². The molecule has 1 aromatic rings. The summed E-state index contributed by atoms with van der Waals surface area (Å²) < 4.78 is 12.8. The second-order valence-corrected chi connectivity index (χ2v) is 5.54. The summed E-state index contributed by atoms with van der Waals surface area (Å²) in [5, 5.41) is 11.6. The number of ketones is 1. The van der Waals surface area contributed by atoms with E-state index in [1.165, 1.54) is 29.2 Å². The summed E-state index contributed by atoms with van der Waals surface area (Å²) in [5.41, 5.74) is 0.316. The van der Waals surface area contributed by atoms with Crippen molar-refractivity contribution in [3.05, 3.63) is 35.6 Å². The number of carbonyl (C=O) groups excluding carboxylic acids is 2. The number of carboxylic acid groups (broad SMARTS) is 1. The van der Waals surface area contributed by atoms with Crippen molar-refractivity contribution in [1.29, 1.82) is 0 Å². The van der Waals surface area contributed by atoms with Crippen LogP contribution in [0.5, 0.6) is 0 Å². The van der Waals surface area contributed by atoms with Gasteiger partial charge >= 0.3 is 6.09 Å². The monoisotopic (exact) mass is 322 g/mol. The number of hydrogen-bond acceptors (Lipinski definition) is 3. The van der Waals surface area contributed by atoms with Crippen molar-refractivity contribution in [2.75, 3.05) is 13.1 Å². The molecule has 0 bridgehead atoms. The third-order valence-electron chi connectivity index (χ3n) is 3.91. The summed E-state index contributed by atoms with van der Waals surface area (Å²) in [7, 11) is 0. The molecule has 1 fully saturated rings. The fraction of sp³-hybridized carbons (Fsp3) is 0.438. The Morgan fingerprint density at radius 1 is 1.22 bits per heavy atom. The van der Waals surface area contributed by atoms with Crippen LogP contribution in [-0.2, 0) is 4.79 Å². The van der Waals surface area contributed by atoms with Gasteiger partial charge in [-0.25, -0.2) is 9.18 Å². The zero-order valence-electron chi connectivity index (χ0n) is 12.6. The van der Waals surface area contributed by atoms with E-state index in [9.17, 15) is 18.8 Å². The Labute approximate surface area is 133 Å². The molecule has 0 saturated carbocycles. The molecule has 23 heavy (non-hydrogen) atoms. The highest BCUT2D eigenvalue weighted by molar-refractivity contribution is 5.99. The molecule has 0 aromatic heterocycles. The summed E-state index contributed by atoms with van der Waals surface area (Å²) in [5.74, 6) is -1.12. The van der Waals surface area contributed by atoms with Crippen molar-refractivity contribution in [2.45, 2.75) is 31.7 Å². The summed E-state index contributed by atoms with van der Waals surface area (Å²) in [6.07, 6.45) is 1.35. The molecule has 2 rings (SSSR count). The number of benzene rings is 1. The molecule has 6 nitrogen and oxygen atoms in total. The molecule has 2 amide bonds. The number of rotatable bonds is 5. The Kier molecular flexibility index (Phi) is 5.67. The van der Waals surface area contributed by atoms with Crippen LogP contribution < -0.4 is 5.32 Å². The molecule has 1 aliphatic rings. The van der Waals surface area contributed by atoms with E-state index in [2.05, 4.69) is 5.32 Å². The van der Waals surface area contributed by atoms with Crippen molar-refractivity contribution >= 4 is 17.8 Å². The maximum atomic E-state index is 12.8. The Hall–Kier alpha value is -2.44. The molecule has 1 aliphatic heterocycles. The normalized spacial score (nSPS) is 17.6. The van der Waals surface area contributed by atoms with Crippen molar-refractivity contribution < 1.29 is 23.9 Å². The van der Waals surface area contributed by atoms with E-state index in [-0.39, 0.29) is 30.7 Å². The Morgan fingerprint density at radius 3 is 2.57 bits per heavy atom. The molecular weight excluding hydrogens is 303 g/mol. The summed E-state index contributed by atoms with van der Waals surface area (Å²) in [6.45, 7) is 0.242. The number of halogens is 1. The highest BCUT2D eigenvalue weighted by Gasteiger charge is 2.28. The van der Waals surface area contributed by atoms with E-state index < -0.39 is 11.9 Å². The Balaban J connectivity index is 1.83. The predicted molar refractivity (Wildman–Crippen MR) is 80.7 cm³/mol. The van der Waals surface area contributed by atoms with Crippen molar-refractivity contribution in [3.63, 3.8) is 0 Å². The third kappa shape index (κ3) is 4.77. The molecule has 1 aromatic carbocycles. The van der Waals surface area contributed by atoms with E-state index in [1.807, 2.05) is 0 Å². The lowest BCUT2D eigenvalue weighted by Crippen LogP contribution is -2.45. The third-order valence-corrected chi connectivity index (χ3v) is 3.91. The van der Waals surface area contributed by atoms with E-state index in [0.29, 0.717) is 18.5 Å². The number of carbonyl (C=O) groups is 3. The number of nitrogens with one attached hydrogen (secondary N) is 1. The SMILES string of the molecule is O=C(C[C@@H]1CCCCN1C(=O)O)NCC(=O)c1ccc(F)cc1. The molecular formula is C16H19FN2O4. The lowest BCUT2D eigenvalue weighted by molar-refractivity contribution is -0.122. The van der Waals surface area contributed by atoms with Gasteiger partial charge in [-0.2, -0.15) is 0 Å². The van der Waals surface area contributed by atoms with E-state index in [1.54, 1.807) is 0 Å². The minimum Gasteiger partial charge on any atom is -0.465 e.